The van der Waals surface area contributed by atoms with Crippen molar-refractivity contribution in [2.24, 2.45) is 0 Å². The first kappa shape index (κ1) is 13.1. The van der Waals surface area contributed by atoms with E-state index in [9.17, 15) is 4.79 Å². The number of anilines is 2. The molecule has 1 aromatic rings. The lowest BCUT2D eigenvalue weighted by Crippen LogP contribution is -2.46. The molecule has 1 aliphatic rings. The monoisotopic (exact) mass is 313 g/mol. The molecule has 5 nitrogen and oxygen atoms in total. The van der Waals surface area contributed by atoms with E-state index in [1.165, 1.54) is 7.11 Å². The van der Waals surface area contributed by atoms with Crippen molar-refractivity contribution in [1.82, 2.24) is 4.98 Å². The Kier molecular flexibility index (Phi) is 4.06. The van der Waals surface area contributed by atoms with Crippen molar-refractivity contribution in [2.75, 3.05) is 24.3 Å². The van der Waals surface area contributed by atoms with Crippen molar-refractivity contribution < 1.29 is 9.53 Å². The Bertz CT molecular complexity index is 453. The summed E-state index contributed by atoms with van der Waals surface area (Å²) in [7, 11) is 1.41. The highest BCUT2D eigenvalue weighted by molar-refractivity contribution is 9.10. The molecule has 0 aliphatic carbocycles. The number of pyridine rings is 1. The van der Waals surface area contributed by atoms with Gasteiger partial charge in [0.1, 0.15) is 6.04 Å². The molecule has 1 fully saturated rings. The number of methoxy groups -OCH3 is 1. The van der Waals surface area contributed by atoms with Crippen LogP contribution in [0.1, 0.15) is 19.3 Å². The van der Waals surface area contributed by atoms with Crippen molar-refractivity contribution in [1.29, 1.82) is 0 Å². The minimum absolute atomic E-state index is 0.223. The van der Waals surface area contributed by atoms with Crippen LogP contribution < -0.4 is 10.6 Å². The zero-order chi connectivity index (χ0) is 13.1. The molecule has 2 N–H and O–H groups in total. The predicted molar refractivity (Wildman–Crippen MR) is 73.4 cm³/mol. The van der Waals surface area contributed by atoms with Crippen LogP contribution >= 0.6 is 15.9 Å². The number of ether oxygens (including phenoxy) is 1. The molecule has 18 heavy (non-hydrogen) atoms. The van der Waals surface area contributed by atoms with Crippen molar-refractivity contribution in [3.8, 4) is 0 Å². The van der Waals surface area contributed by atoms with E-state index in [0.717, 1.165) is 30.3 Å². The van der Waals surface area contributed by atoms with Gasteiger partial charge in [-0.1, -0.05) is 0 Å². The van der Waals surface area contributed by atoms with Crippen LogP contribution in [0.5, 0.6) is 0 Å². The van der Waals surface area contributed by atoms with Crippen LogP contribution in [0.4, 0.5) is 11.5 Å². The van der Waals surface area contributed by atoms with Gasteiger partial charge in [-0.25, -0.2) is 9.78 Å². The number of piperidine rings is 1. The first-order valence-corrected chi connectivity index (χ1v) is 6.68. The number of nitrogen functional groups attached to an aromatic ring is 1. The highest BCUT2D eigenvalue weighted by Gasteiger charge is 2.31. The third kappa shape index (κ3) is 2.58. The maximum atomic E-state index is 11.8. The summed E-state index contributed by atoms with van der Waals surface area (Å²) in [4.78, 5) is 18.0. The van der Waals surface area contributed by atoms with E-state index in [1.807, 2.05) is 4.90 Å². The summed E-state index contributed by atoms with van der Waals surface area (Å²) in [5.74, 6) is 0.437. The lowest BCUT2D eigenvalue weighted by molar-refractivity contribution is -0.142. The third-order valence-electron chi connectivity index (χ3n) is 3.11. The molecule has 1 unspecified atom stereocenters. The summed E-state index contributed by atoms with van der Waals surface area (Å²) in [6.07, 6.45) is 4.52. The van der Waals surface area contributed by atoms with Crippen LogP contribution in [-0.2, 0) is 9.53 Å². The highest BCUT2D eigenvalue weighted by atomic mass is 79.9. The Balaban J connectivity index is 2.30. The highest BCUT2D eigenvalue weighted by Crippen LogP contribution is 2.29. The largest absolute Gasteiger partial charge is 0.467 e. The number of nitrogens with two attached hydrogens (primary N) is 1. The molecule has 98 valence electrons. The topological polar surface area (TPSA) is 68.5 Å². The lowest BCUT2D eigenvalue weighted by Gasteiger charge is -2.35. The van der Waals surface area contributed by atoms with E-state index in [2.05, 4.69) is 20.9 Å². The Morgan fingerprint density at radius 1 is 1.61 bits per heavy atom. The first-order valence-electron chi connectivity index (χ1n) is 5.89. The number of carbonyl (C=O) groups excluding carboxylic acids is 1. The number of rotatable bonds is 2. The fourth-order valence-electron chi connectivity index (χ4n) is 2.25. The van der Waals surface area contributed by atoms with Crippen LogP contribution in [0.2, 0.25) is 0 Å². The summed E-state index contributed by atoms with van der Waals surface area (Å²) in [5, 5.41) is 0. The molecular formula is C12H16BrN3O2. The minimum Gasteiger partial charge on any atom is -0.467 e. The predicted octanol–water partition coefficient (Wildman–Crippen LogP) is 1.96. The molecule has 6 heteroatoms. The van der Waals surface area contributed by atoms with Crippen LogP contribution in [0.3, 0.4) is 0 Å². The van der Waals surface area contributed by atoms with E-state index in [-0.39, 0.29) is 12.0 Å². The van der Waals surface area contributed by atoms with Gasteiger partial charge >= 0.3 is 5.97 Å². The van der Waals surface area contributed by atoms with Gasteiger partial charge in [-0.15, -0.1) is 0 Å². The Labute approximate surface area is 114 Å². The summed E-state index contributed by atoms with van der Waals surface area (Å²) < 4.78 is 5.68. The number of hydrogen-bond acceptors (Lipinski definition) is 5. The lowest BCUT2D eigenvalue weighted by atomic mass is 10.0. The molecule has 0 bridgehead atoms. The van der Waals surface area contributed by atoms with E-state index in [4.69, 9.17) is 10.5 Å². The molecule has 1 atom stereocenters. The van der Waals surface area contributed by atoms with Gasteiger partial charge in [-0.05, 0) is 41.3 Å². The second-order valence-corrected chi connectivity index (χ2v) is 5.21. The van der Waals surface area contributed by atoms with Crippen LogP contribution in [-0.4, -0.2) is 30.6 Å². The van der Waals surface area contributed by atoms with Crippen molar-refractivity contribution in [3.63, 3.8) is 0 Å². The van der Waals surface area contributed by atoms with Crippen LogP contribution in [0, 0.1) is 0 Å². The van der Waals surface area contributed by atoms with Gasteiger partial charge in [0.25, 0.3) is 0 Å². The number of carbonyl (C=O) groups is 1. The zero-order valence-electron chi connectivity index (χ0n) is 10.2. The normalized spacial score (nSPS) is 19.7. The Morgan fingerprint density at radius 3 is 3.06 bits per heavy atom. The smallest absolute Gasteiger partial charge is 0.328 e. The van der Waals surface area contributed by atoms with Gasteiger partial charge in [-0.2, -0.15) is 0 Å². The fraction of sp³-hybridized carbons (Fsp3) is 0.500. The Morgan fingerprint density at radius 2 is 2.39 bits per heavy atom. The second kappa shape index (κ2) is 5.56. The van der Waals surface area contributed by atoms with Gasteiger partial charge in [-0.3, -0.25) is 0 Å². The number of hydrogen-bond donors (Lipinski definition) is 1. The SMILES string of the molecule is COC(=O)C1CCCCN1c1ncc(Br)cc1N. The summed E-state index contributed by atoms with van der Waals surface area (Å²) >= 11 is 3.33. The van der Waals surface area contributed by atoms with E-state index < -0.39 is 0 Å². The van der Waals surface area contributed by atoms with Gasteiger partial charge in [0, 0.05) is 17.2 Å². The summed E-state index contributed by atoms with van der Waals surface area (Å²) in [6, 6.07) is 1.52. The molecule has 2 heterocycles. The summed E-state index contributed by atoms with van der Waals surface area (Å²) in [5.41, 5.74) is 6.54. The maximum absolute atomic E-state index is 11.8. The maximum Gasteiger partial charge on any atom is 0.328 e. The fourth-order valence-corrected chi connectivity index (χ4v) is 2.60. The Hall–Kier alpha value is -1.30. The van der Waals surface area contributed by atoms with E-state index >= 15 is 0 Å². The molecule has 1 aliphatic heterocycles. The van der Waals surface area contributed by atoms with Crippen molar-refractivity contribution in [2.45, 2.75) is 25.3 Å². The van der Waals surface area contributed by atoms with Crippen LogP contribution in [0.15, 0.2) is 16.7 Å². The van der Waals surface area contributed by atoms with Gasteiger partial charge in [0.15, 0.2) is 5.82 Å². The van der Waals surface area contributed by atoms with Crippen molar-refractivity contribution >= 4 is 33.4 Å². The molecule has 1 aromatic heterocycles. The quantitative estimate of drug-likeness (QED) is 0.845. The molecule has 1 saturated heterocycles. The second-order valence-electron chi connectivity index (χ2n) is 4.29. The van der Waals surface area contributed by atoms with Crippen molar-refractivity contribution in [3.05, 3.63) is 16.7 Å². The number of aromatic nitrogens is 1. The first-order chi connectivity index (χ1) is 8.63. The molecule has 0 saturated carbocycles. The molecule has 0 amide bonds. The molecule has 0 spiro atoms. The standard InChI is InChI=1S/C12H16BrN3O2/c1-18-12(17)10-4-2-3-5-16(10)11-9(14)6-8(13)7-15-11/h6-7,10H,2-5,14H2,1H3. The third-order valence-corrected chi connectivity index (χ3v) is 3.54. The molecule has 0 radical (unpaired) electrons. The minimum atomic E-state index is -0.278. The number of esters is 1. The molecular weight excluding hydrogens is 298 g/mol. The average molecular weight is 314 g/mol. The van der Waals surface area contributed by atoms with Gasteiger partial charge < -0.3 is 15.4 Å². The summed E-state index contributed by atoms with van der Waals surface area (Å²) in [6.45, 7) is 0.776. The zero-order valence-corrected chi connectivity index (χ0v) is 11.8. The van der Waals surface area contributed by atoms with Gasteiger partial charge in [0.05, 0.1) is 12.8 Å². The molecule has 2 rings (SSSR count). The average Bonchev–Trinajstić information content (AvgIpc) is 2.38. The van der Waals surface area contributed by atoms with E-state index in [1.54, 1.807) is 12.3 Å². The van der Waals surface area contributed by atoms with E-state index in [0.29, 0.717) is 11.5 Å². The molecule has 0 aromatic carbocycles. The number of halogens is 1. The van der Waals surface area contributed by atoms with Gasteiger partial charge in [0.2, 0.25) is 0 Å². The van der Waals surface area contributed by atoms with Crippen LogP contribution in [0.25, 0.3) is 0 Å². The number of nitrogens with zero attached hydrogens (tertiary/aromatic N) is 2.